The van der Waals surface area contributed by atoms with Crippen LogP contribution >= 0.6 is 15.9 Å². The van der Waals surface area contributed by atoms with Crippen LogP contribution in [0.25, 0.3) is 0 Å². The molecule has 0 radical (unpaired) electrons. The van der Waals surface area contributed by atoms with E-state index in [1.54, 1.807) is 0 Å². The fourth-order valence-corrected chi connectivity index (χ4v) is 2.52. The molecule has 0 unspecified atom stereocenters. The zero-order chi connectivity index (χ0) is 12.4. The lowest BCUT2D eigenvalue weighted by Crippen LogP contribution is -2.02. The van der Waals surface area contributed by atoms with Gasteiger partial charge in [0.05, 0.1) is 0 Å². The van der Waals surface area contributed by atoms with Gasteiger partial charge in [0.25, 0.3) is 0 Å². The van der Waals surface area contributed by atoms with Crippen LogP contribution in [0.4, 0.5) is 5.69 Å². The summed E-state index contributed by atoms with van der Waals surface area (Å²) in [5.41, 5.74) is 4.13. The minimum Gasteiger partial charge on any atom is -0.381 e. The molecule has 1 N–H and O–H groups in total. The predicted molar refractivity (Wildman–Crippen MR) is 79.9 cm³/mol. The van der Waals surface area contributed by atoms with Crippen LogP contribution in [0.2, 0.25) is 0 Å². The van der Waals surface area contributed by atoms with Crippen LogP contribution in [0.5, 0.6) is 0 Å². The van der Waals surface area contributed by atoms with E-state index < -0.39 is 0 Å². The Bertz CT molecular complexity index is 529. The molecule has 1 aliphatic carbocycles. The fourth-order valence-electron chi connectivity index (χ4n) is 2.25. The van der Waals surface area contributed by atoms with Crippen LogP contribution in [0.15, 0.2) is 53.0 Å². The number of hydrogen-bond acceptors (Lipinski definition) is 1. The smallest absolute Gasteiger partial charge is 0.0403 e. The number of hydrogen-bond donors (Lipinski definition) is 1. The highest BCUT2D eigenvalue weighted by atomic mass is 79.9. The Morgan fingerprint density at radius 2 is 1.72 bits per heavy atom. The third-order valence-corrected chi connectivity index (χ3v) is 3.93. The van der Waals surface area contributed by atoms with E-state index in [0.717, 1.165) is 16.9 Å². The van der Waals surface area contributed by atoms with Crippen molar-refractivity contribution in [3.63, 3.8) is 0 Å². The Hall–Kier alpha value is -1.28. The van der Waals surface area contributed by atoms with E-state index in [9.17, 15) is 0 Å². The van der Waals surface area contributed by atoms with Gasteiger partial charge in [-0.15, -0.1) is 0 Å². The topological polar surface area (TPSA) is 12.0 Å². The predicted octanol–water partition coefficient (Wildman–Crippen LogP) is 4.94. The Kier molecular flexibility index (Phi) is 3.37. The Morgan fingerprint density at radius 3 is 2.44 bits per heavy atom. The molecule has 0 spiro atoms. The minimum absolute atomic E-state index is 0.813. The van der Waals surface area contributed by atoms with Gasteiger partial charge in [0, 0.05) is 16.7 Å². The van der Waals surface area contributed by atoms with Gasteiger partial charge >= 0.3 is 0 Å². The van der Waals surface area contributed by atoms with Crippen molar-refractivity contribution in [3.05, 3.63) is 64.1 Å². The number of nitrogens with one attached hydrogen (secondary N) is 1. The standard InChI is InChI=1S/C16H16BrN/c17-14-7-9-15(10-8-14)18-11-13-3-1-2-4-16(13)12-5-6-12/h1-4,7-10,12,18H,5-6,11H2. The SMILES string of the molecule is Brc1ccc(NCc2ccccc2C2CC2)cc1. The first-order valence-electron chi connectivity index (χ1n) is 6.40. The summed E-state index contributed by atoms with van der Waals surface area (Å²) in [6, 6.07) is 17.1. The highest BCUT2D eigenvalue weighted by molar-refractivity contribution is 9.10. The molecule has 1 saturated carbocycles. The van der Waals surface area contributed by atoms with Gasteiger partial charge in [-0.3, -0.25) is 0 Å². The highest BCUT2D eigenvalue weighted by Crippen LogP contribution is 2.41. The van der Waals surface area contributed by atoms with Gasteiger partial charge in [0.2, 0.25) is 0 Å². The van der Waals surface area contributed by atoms with Crippen LogP contribution in [0.3, 0.4) is 0 Å². The van der Waals surface area contributed by atoms with Crippen LogP contribution in [0.1, 0.15) is 29.9 Å². The molecule has 92 valence electrons. The van der Waals surface area contributed by atoms with Gasteiger partial charge in [-0.1, -0.05) is 40.2 Å². The van der Waals surface area contributed by atoms with Crippen molar-refractivity contribution >= 4 is 21.6 Å². The summed E-state index contributed by atoms with van der Waals surface area (Å²) < 4.78 is 1.12. The lowest BCUT2D eigenvalue weighted by Gasteiger charge is -2.11. The molecule has 0 amide bonds. The molecular weight excluding hydrogens is 286 g/mol. The molecule has 1 nitrogen and oxygen atoms in total. The molecule has 0 atom stereocenters. The zero-order valence-corrected chi connectivity index (χ0v) is 11.8. The van der Waals surface area contributed by atoms with Crippen molar-refractivity contribution in [2.75, 3.05) is 5.32 Å². The first kappa shape index (κ1) is 11.8. The van der Waals surface area contributed by atoms with Crippen LogP contribution in [-0.4, -0.2) is 0 Å². The molecule has 0 bridgehead atoms. The number of anilines is 1. The molecule has 1 fully saturated rings. The second-order valence-corrected chi connectivity index (χ2v) is 5.75. The molecule has 2 aromatic rings. The van der Waals surface area contributed by atoms with Crippen molar-refractivity contribution in [1.29, 1.82) is 0 Å². The normalized spacial score (nSPS) is 14.5. The monoisotopic (exact) mass is 301 g/mol. The average molecular weight is 302 g/mol. The molecule has 2 aromatic carbocycles. The third-order valence-electron chi connectivity index (χ3n) is 3.40. The Labute approximate surface area is 116 Å². The number of halogens is 1. The van der Waals surface area contributed by atoms with Gasteiger partial charge < -0.3 is 5.32 Å². The summed E-state index contributed by atoms with van der Waals surface area (Å²) in [4.78, 5) is 0. The second kappa shape index (κ2) is 5.15. The van der Waals surface area contributed by atoms with Crippen molar-refractivity contribution in [1.82, 2.24) is 0 Å². The summed E-state index contributed by atoms with van der Waals surface area (Å²) in [7, 11) is 0. The van der Waals surface area contributed by atoms with E-state index >= 15 is 0 Å². The maximum absolute atomic E-state index is 3.49. The fraction of sp³-hybridized carbons (Fsp3) is 0.250. The van der Waals surface area contributed by atoms with Crippen LogP contribution in [0, 0.1) is 0 Å². The van der Waals surface area contributed by atoms with E-state index in [2.05, 4.69) is 69.8 Å². The van der Waals surface area contributed by atoms with Crippen molar-refractivity contribution in [2.24, 2.45) is 0 Å². The quantitative estimate of drug-likeness (QED) is 0.843. The minimum atomic E-state index is 0.813. The van der Waals surface area contributed by atoms with Gasteiger partial charge in [-0.25, -0.2) is 0 Å². The first-order chi connectivity index (χ1) is 8.83. The molecular formula is C16H16BrN. The lowest BCUT2D eigenvalue weighted by atomic mass is 10.0. The molecule has 18 heavy (non-hydrogen) atoms. The van der Waals surface area contributed by atoms with E-state index in [4.69, 9.17) is 0 Å². The summed E-state index contributed by atoms with van der Waals surface area (Å²) in [6.07, 6.45) is 2.71. The molecule has 0 heterocycles. The zero-order valence-electron chi connectivity index (χ0n) is 10.2. The number of benzene rings is 2. The summed E-state index contributed by atoms with van der Waals surface area (Å²) in [5, 5.41) is 3.49. The van der Waals surface area contributed by atoms with Crippen molar-refractivity contribution in [3.8, 4) is 0 Å². The maximum atomic E-state index is 3.49. The third kappa shape index (κ3) is 2.75. The maximum Gasteiger partial charge on any atom is 0.0403 e. The van der Waals surface area contributed by atoms with Crippen LogP contribution < -0.4 is 5.32 Å². The average Bonchev–Trinajstić information content (AvgIpc) is 3.23. The molecule has 0 saturated heterocycles. The van der Waals surface area contributed by atoms with Crippen molar-refractivity contribution < 1.29 is 0 Å². The van der Waals surface area contributed by atoms with Gasteiger partial charge in [-0.2, -0.15) is 0 Å². The first-order valence-corrected chi connectivity index (χ1v) is 7.19. The summed E-state index contributed by atoms with van der Waals surface area (Å²) >= 11 is 3.45. The van der Waals surface area contributed by atoms with Crippen molar-refractivity contribution in [2.45, 2.75) is 25.3 Å². The molecule has 0 aromatic heterocycles. The molecule has 0 aliphatic heterocycles. The molecule has 1 aliphatic rings. The van der Waals surface area contributed by atoms with Crippen LogP contribution in [-0.2, 0) is 6.54 Å². The summed E-state index contributed by atoms with van der Waals surface area (Å²) in [6.45, 7) is 0.911. The Morgan fingerprint density at radius 1 is 1.00 bits per heavy atom. The molecule has 2 heteroatoms. The molecule has 3 rings (SSSR count). The van der Waals surface area contributed by atoms with E-state index in [1.165, 1.54) is 29.7 Å². The van der Waals surface area contributed by atoms with Gasteiger partial charge in [-0.05, 0) is 54.2 Å². The van der Waals surface area contributed by atoms with E-state index in [0.29, 0.717) is 0 Å². The highest BCUT2D eigenvalue weighted by Gasteiger charge is 2.25. The van der Waals surface area contributed by atoms with Gasteiger partial charge in [0.1, 0.15) is 0 Å². The lowest BCUT2D eigenvalue weighted by molar-refractivity contribution is 1.04. The second-order valence-electron chi connectivity index (χ2n) is 4.83. The van der Waals surface area contributed by atoms with E-state index in [1.807, 2.05) is 0 Å². The van der Waals surface area contributed by atoms with E-state index in [-0.39, 0.29) is 0 Å². The number of rotatable bonds is 4. The van der Waals surface area contributed by atoms with Gasteiger partial charge in [0.15, 0.2) is 0 Å². The largest absolute Gasteiger partial charge is 0.381 e. The Balaban J connectivity index is 1.71. The summed E-state index contributed by atoms with van der Waals surface area (Å²) in [5.74, 6) is 0.813.